The van der Waals surface area contributed by atoms with Gasteiger partial charge in [0, 0.05) is 48.7 Å². The molecule has 0 spiro atoms. The van der Waals surface area contributed by atoms with Crippen molar-refractivity contribution in [1.82, 2.24) is 34.0 Å². The van der Waals surface area contributed by atoms with Crippen molar-refractivity contribution in [3.63, 3.8) is 0 Å². The molecule has 3 aliphatic rings. The number of imidazole rings is 1. The quantitative estimate of drug-likeness (QED) is 0.282. The van der Waals surface area contributed by atoms with Crippen molar-refractivity contribution in [2.24, 2.45) is 24.6 Å². The molecule has 2 aromatic carbocycles. The van der Waals surface area contributed by atoms with Gasteiger partial charge in [0.25, 0.3) is 11.5 Å². The van der Waals surface area contributed by atoms with Crippen molar-refractivity contribution in [3.8, 4) is 28.5 Å². The monoisotopic (exact) mass is 614 g/mol. The number of pyridine rings is 1. The van der Waals surface area contributed by atoms with Crippen LogP contribution in [0.3, 0.4) is 0 Å². The van der Waals surface area contributed by atoms with Crippen LogP contribution in [-0.2, 0) is 13.6 Å². The lowest BCUT2D eigenvalue weighted by molar-refractivity contribution is 0.0700. The standard InChI is InChI=1S/C35H34N8O3/c1-41-31-26(12-22(14-29(31)46-2)35(45)43-16-21-7-10-27(43)30(21)36)40-33(41)28-13-20-6-8-24(39-32(20)42(28)15-18-3-4-18)19-5-9-25-23(11-19)34(44)38-17-37-25/h5-6,8-9,11-14,17-18,21,27,30H,3-4,7,10,15-16,36H2,1-2H3,(H,37,38,44)/t21?,27?,30-/m1/s1. The fraction of sp³-hybridized carbons (Fsp3) is 0.343. The third kappa shape index (κ3) is 4.11. The Balaban J connectivity index is 1.16. The number of nitrogens with one attached hydrogen (secondary N) is 1. The first-order valence-electron chi connectivity index (χ1n) is 16.0. The third-order valence-electron chi connectivity index (χ3n) is 10.4. The smallest absolute Gasteiger partial charge is 0.258 e. The van der Waals surface area contributed by atoms with Gasteiger partial charge in [-0.15, -0.1) is 0 Å². The molecule has 1 saturated heterocycles. The van der Waals surface area contributed by atoms with Gasteiger partial charge in [0.15, 0.2) is 5.82 Å². The number of carbonyl (C=O) groups excluding carboxylic acids is 1. The zero-order chi connectivity index (χ0) is 31.3. The highest BCUT2D eigenvalue weighted by Gasteiger charge is 2.47. The van der Waals surface area contributed by atoms with E-state index < -0.39 is 0 Å². The number of H-pyrrole nitrogens is 1. The molecular formula is C35H34N8O3. The van der Waals surface area contributed by atoms with Crippen LogP contribution >= 0.6 is 0 Å². The van der Waals surface area contributed by atoms with Crippen molar-refractivity contribution in [2.45, 2.75) is 44.3 Å². The highest BCUT2D eigenvalue weighted by Crippen LogP contribution is 2.40. The molecule has 1 amide bonds. The summed E-state index contributed by atoms with van der Waals surface area (Å²) in [5, 5.41) is 1.54. The van der Waals surface area contributed by atoms with Gasteiger partial charge in [-0.25, -0.2) is 15.0 Å². The minimum Gasteiger partial charge on any atom is -0.494 e. The van der Waals surface area contributed by atoms with Gasteiger partial charge in [0.2, 0.25) is 0 Å². The third-order valence-corrected chi connectivity index (χ3v) is 10.4. The van der Waals surface area contributed by atoms with E-state index in [4.69, 9.17) is 20.4 Å². The predicted octanol–water partition coefficient (Wildman–Crippen LogP) is 4.47. The van der Waals surface area contributed by atoms with E-state index in [1.807, 2.05) is 48.3 Å². The van der Waals surface area contributed by atoms with Crippen molar-refractivity contribution in [3.05, 3.63) is 70.8 Å². The summed E-state index contributed by atoms with van der Waals surface area (Å²) in [5.41, 5.74) is 12.5. The van der Waals surface area contributed by atoms with Crippen molar-refractivity contribution >= 4 is 38.9 Å². The van der Waals surface area contributed by atoms with Crippen LogP contribution in [0.15, 0.2) is 59.7 Å². The Bertz CT molecular complexity index is 2280. The van der Waals surface area contributed by atoms with Gasteiger partial charge < -0.3 is 29.5 Å². The lowest BCUT2D eigenvalue weighted by Crippen LogP contribution is -2.41. The summed E-state index contributed by atoms with van der Waals surface area (Å²) in [6.45, 7) is 1.54. The number of rotatable bonds is 6. The molecule has 3 fully saturated rings. The number of aromatic amines is 1. The van der Waals surface area contributed by atoms with E-state index in [1.54, 1.807) is 7.11 Å². The highest BCUT2D eigenvalue weighted by molar-refractivity contribution is 6.00. The molecule has 3 N–H and O–H groups in total. The fourth-order valence-corrected chi connectivity index (χ4v) is 7.71. The molecule has 2 aliphatic carbocycles. The van der Waals surface area contributed by atoms with E-state index in [-0.39, 0.29) is 23.6 Å². The van der Waals surface area contributed by atoms with E-state index in [1.165, 1.54) is 19.2 Å². The molecule has 5 heterocycles. The number of hydrogen-bond donors (Lipinski definition) is 2. The van der Waals surface area contributed by atoms with E-state index in [9.17, 15) is 9.59 Å². The molecule has 3 atom stereocenters. The molecule has 2 saturated carbocycles. The number of nitrogens with two attached hydrogens (primary N) is 1. The number of likely N-dealkylation sites (tertiary alicyclic amines) is 1. The van der Waals surface area contributed by atoms with E-state index in [0.29, 0.717) is 46.1 Å². The molecule has 2 unspecified atom stereocenters. The van der Waals surface area contributed by atoms with Gasteiger partial charge in [0.05, 0.1) is 41.2 Å². The number of carbonyl (C=O) groups is 1. The van der Waals surface area contributed by atoms with Gasteiger partial charge in [-0.2, -0.15) is 0 Å². The molecule has 0 radical (unpaired) electrons. The molecule has 6 aromatic rings. The van der Waals surface area contributed by atoms with Gasteiger partial charge in [-0.1, -0.05) is 6.07 Å². The van der Waals surface area contributed by atoms with Crippen LogP contribution in [0.1, 0.15) is 36.0 Å². The lowest BCUT2D eigenvalue weighted by atomic mass is 10.1. The summed E-state index contributed by atoms with van der Waals surface area (Å²) < 4.78 is 10.2. The summed E-state index contributed by atoms with van der Waals surface area (Å²) in [5.74, 6) is 2.34. The molecule has 11 nitrogen and oxygen atoms in total. The normalized spacial score (nSPS) is 20.8. The van der Waals surface area contributed by atoms with Crippen LogP contribution in [0.5, 0.6) is 5.75 Å². The van der Waals surface area contributed by atoms with Crippen LogP contribution in [0.2, 0.25) is 0 Å². The molecule has 11 heteroatoms. The van der Waals surface area contributed by atoms with Gasteiger partial charge in [-0.3, -0.25) is 9.59 Å². The molecule has 4 aromatic heterocycles. The Morgan fingerprint density at radius 2 is 1.91 bits per heavy atom. The topological polar surface area (TPSA) is 137 Å². The number of methoxy groups -OCH3 is 1. The van der Waals surface area contributed by atoms with Crippen LogP contribution in [0.4, 0.5) is 0 Å². The number of fused-ring (bicyclic) bond motifs is 5. The first kappa shape index (κ1) is 27.3. The minimum atomic E-state index is -0.175. The number of hydrogen-bond acceptors (Lipinski definition) is 7. The summed E-state index contributed by atoms with van der Waals surface area (Å²) in [7, 11) is 3.63. The Kier molecular flexibility index (Phi) is 5.92. The predicted molar refractivity (Wildman–Crippen MR) is 176 cm³/mol. The number of piperidine rings is 1. The SMILES string of the molecule is COc1cc(C(=O)N2CC3CCC2[C@@H]3N)cc2nc(-c3cc4ccc(-c5ccc6nc[nH]c(=O)c6c5)nc4n3CC3CC3)n(C)c12. The molecule has 9 rings (SSSR count). The lowest BCUT2D eigenvalue weighted by Gasteiger charge is -2.27. The van der Waals surface area contributed by atoms with Gasteiger partial charge in [0.1, 0.15) is 16.9 Å². The maximum atomic E-state index is 13.7. The minimum absolute atomic E-state index is 0.0129. The molecular weight excluding hydrogens is 580 g/mol. The van der Waals surface area contributed by atoms with Gasteiger partial charge in [-0.05, 0) is 80.0 Å². The summed E-state index contributed by atoms with van der Waals surface area (Å²) >= 11 is 0. The van der Waals surface area contributed by atoms with Crippen molar-refractivity contribution in [2.75, 3.05) is 13.7 Å². The maximum Gasteiger partial charge on any atom is 0.258 e. The van der Waals surface area contributed by atoms with E-state index in [2.05, 4.69) is 31.2 Å². The second kappa shape index (κ2) is 9.98. The zero-order valence-corrected chi connectivity index (χ0v) is 25.7. The van der Waals surface area contributed by atoms with E-state index in [0.717, 1.165) is 58.7 Å². The summed E-state index contributed by atoms with van der Waals surface area (Å²) in [4.78, 5) is 45.4. The largest absolute Gasteiger partial charge is 0.494 e. The van der Waals surface area contributed by atoms with Crippen LogP contribution in [0, 0.1) is 11.8 Å². The zero-order valence-electron chi connectivity index (χ0n) is 25.7. The van der Waals surface area contributed by atoms with E-state index >= 15 is 0 Å². The first-order valence-corrected chi connectivity index (χ1v) is 16.0. The molecule has 232 valence electrons. The average Bonchev–Trinajstić information content (AvgIpc) is 3.48. The number of nitrogens with zero attached hydrogens (tertiary/aromatic N) is 6. The Hall–Kier alpha value is -5.03. The Morgan fingerprint density at radius 3 is 2.67 bits per heavy atom. The number of ether oxygens (including phenoxy) is 1. The molecule has 46 heavy (non-hydrogen) atoms. The second-order valence-corrected chi connectivity index (χ2v) is 13.1. The number of benzene rings is 2. The van der Waals surface area contributed by atoms with Crippen LogP contribution < -0.4 is 16.0 Å². The van der Waals surface area contributed by atoms with Crippen LogP contribution in [-0.4, -0.2) is 65.6 Å². The van der Waals surface area contributed by atoms with Crippen molar-refractivity contribution < 1.29 is 9.53 Å². The Morgan fingerprint density at radius 1 is 1.04 bits per heavy atom. The second-order valence-electron chi connectivity index (χ2n) is 13.1. The first-order chi connectivity index (χ1) is 22.4. The number of aryl methyl sites for hydroxylation is 1. The number of aromatic nitrogens is 6. The van der Waals surface area contributed by atoms with Gasteiger partial charge >= 0.3 is 0 Å². The average molecular weight is 615 g/mol. The highest BCUT2D eigenvalue weighted by atomic mass is 16.5. The molecule has 2 bridgehead atoms. The fourth-order valence-electron chi connectivity index (χ4n) is 7.71. The maximum absolute atomic E-state index is 13.7. The summed E-state index contributed by atoms with van der Waals surface area (Å²) in [6, 6.07) is 15.8. The molecule has 1 aliphatic heterocycles. The summed E-state index contributed by atoms with van der Waals surface area (Å²) in [6.07, 6.45) is 5.84. The number of amides is 1. The Labute approximate surface area is 264 Å². The van der Waals surface area contributed by atoms with Crippen LogP contribution in [0.25, 0.3) is 55.7 Å². The van der Waals surface area contributed by atoms with Crippen molar-refractivity contribution in [1.29, 1.82) is 0 Å².